The molecule has 0 aliphatic carbocycles. The minimum Gasteiger partial charge on any atom is -0.497 e. The van der Waals surface area contributed by atoms with E-state index in [2.05, 4.69) is 15.6 Å². The second-order valence-corrected chi connectivity index (χ2v) is 6.25. The van der Waals surface area contributed by atoms with Crippen LogP contribution in [0.4, 0.5) is 0 Å². The molecule has 10 nitrogen and oxygen atoms in total. The number of ether oxygens (including phenoxy) is 4. The Bertz CT molecular complexity index is 802. The average Bonchev–Trinajstić information content (AvgIpc) is 3.22. The summed E-state index contributed by atoms with van der Waals surface area (Å²) in [5.41, 5.74) is 0.847. The van der Waals surface area contributed by atoms with Crippen LogP contribution in [0.2, 0.25) is 0 Å². The third-order valence-corrected chi connectivity index (χ3v) is 4.23. The summed E-state index contributed by atoms with van der Waals surface area (Å²) in [6.07, 6.45) is 0.993. The minimum atomic E-state index is -0.597. The van der Waals surface area contributed by atoms with Crippen LogP contribution in [0.5, 0.6) is 5.75 Å². The van der Waals surface area contributed by atoms with Crippen molar-refractivity contribution in [2.24, 2.45) is 0 Å². The largest absolute Gasteiger partial charge is 0.497 e. The molecule has 1 aromatic heterocycles. The molecule has 0 bridgehead atoms. The summed E-state index contributed by atoms with van der Waals surface area (Å²) in [5, 5.41) is 10.7. The van der Waals surface area contributed by atoms with Gasteiger partial charge in [-0.15, -0.1) is 5.10 Å². The highest BCUT2D eigenvalue weighted by Gasteiger charge is 2.22. The SMILES string of the molecule is CCOC(Cn1cc(C(=O)NC(CC(=O)OC)c2ccc(OC)cc2)nn1)OCC. The lowest BCUT2D eigenvalue weighted by Gasteiger charge is -2.18. The van der Waals surface area contributed by atoms with Crippen molar-refractivity contribution in [3.8, 4) is 5.75 Å². The first kappa shape index (κ1) is 23.3. The number of amides is 1. The number of rotatable bonds is 12. The molecule has 0 spiro atoms. The molecule has 2 aromatic rings. The molecule has 0 aliphatic heterocycles. The van der Waals surface area contributed by atoms with E-state index in [1.54, 1.807) is 31.4 Å². The standard InChI is InChI=1S/C20H28N4O6/c1-5-29-19(30-6-2)13-24-12-17(22-23-24)20(26)21-16(11-18(25)28-4)14-7-9-15(27-3)10-8-14/h7-10,12,16,19H,5-6,11,13H2,1-4H3,(H,21,26). The van der Waals surface area contributed by atoms with Crippen LogP contribution in [0.1, 0.15) is 42.4 Å². The van der Waals surface area contributed by atoms with Gasteiger partial charge in [0.25, 0.3) is 5.91 Å². The van der Waals surface area contributed by atoms with Crippen LogP contribution in [0.25, 0.3) is 0 Å². The van der Waals surface area contributed by atoms with Crippen LogP contribution in [0.3, 0.4) is 0 Å². The molecule has 2 rings (SSSR count). The maximum atomic E-state index is 12.7. The van der Waals surface area contributed by atoms with Crippen molar-refractivity contribution in [1.29, 1.82) is 0 Å². The maximum Gasteiger partial charge on any atom is 0.307 e. The van der Waals surface area contributed by atoms with Gasteiger partial charge in [-0.2, -0.15) is 0 Å². The molecule has 0 fully saturated rings. The number of methoxy groups -OCH3 is 2. The minimum absolute atomic E-state index is 0.0283. The van der Waals surface area contributed by atoms with Crippen molar-refractivity contribution in [3.63, 3.8) is 0 Å². The summed E-state index contributed by atoms with van der Waals surface area (Å²) in [7, 11) is 2.86. The summed E-state index contributed by atoms with van der Waals surface area (Å²) >= 11 is 0. The molecule has 0 radical (unpaired) electrons. The molecule has 0 saturated carbocycles. The van der Waals surface area contributed by atoms with E-state index in [0.29, 0.717) is 25.5 Å². The fourth-order valence-electron chi connectivity index (χ4n) is 2.74. The van der Waals surface area contributed by atoms with E-state index in [9.17, 15) is 9.59 Å². The summed E-state index contributed by atoms with van der Waals surface area (Å²) in [4.78, 5) is 24.5. The third kappa shape index (κ3) is 6.82. The van der Waals surface area contributed by atoms with E-state index in [-0.39, 0.29) is 12.1 Å². The highest BCUT2D eigenvalue weighted by Crippen LogP contribution is 2.21. The zero-order valence-electron chi connectivity index (χ0n) is 17.7. The van der Waals surface area contributed by atoms with Gasteiger partial charge >= 0.3 is 5.97 Å². The molecule has 1 heterocycles. The zero-order valence-corrected chi connectivity index (χ0v) is 17.7. The molecule has 0 saturated heterocycles. The van der Waals surface area contributed by atoms with Gasteiger partial charge < -0.3 is 24.3 Å². The van der Waals surface area contributed by atoms with Crippen molar-refractivity contribution in [1.82, 2.24) is 20.3 Å². The van der Waals surface area contributed by atoms with Gasteiger partial charge in [0.15, 0.2) is 12.0 Å². The molecule has 164 valence electrons. The summed E-state index contributed by atoms with van der Waals surface area (Å²) in [6, 6.07) is 6.46. The molecule has 1 aromatic carbocycles. The van der Waals surface area contributed by atoms with Gasteiger partial charge in [-0.05, 0) is 31.5 Å². The normalized spacial score (nSPS) is 11.9. The second kappa shape index (κ2) is 11.9. The Labute approximate surface area is 175 Å². The maximum absolute atomic E-state index is 12.7. The van der Waals surface area contributed by atoms with Gasteiger partial charge in [0.05, 0.1) is 39.4 Å². The van der Waals surface area contributed by atoms with Crippen LogP contribution >= 0.6 is 0 Å². The Morgan fingerprint density at radius 2 is 1.77 bits per heavy atom. The van der Waals surface area contributed by atoms with Crippen molar-refractivity contribution >= 4 is 11.9 Å². The predicted molar refractivity (Wildman–Crippen MR) is 107 cm³/mol. The Morgan fingerprint density at radius 3 is 2.33 bits per heavy atom. The van der Waals surface area contributed by atoms with Gasteiger partial charge in [0.1, 0.15) is 5.75 Å². The van der Waals surface area contributed by atoms with Crippen LogP contribution in [0.15, 0.2) is 30.5 Å². The average molecular weight is 420 g/mol. The molecule has 0 aliphatic rings. The molecular formula is C20H28N4O6. The van der Waals surface area contributed by atoms with Crippen molar-refractivity contribution in [2.75, 3.05) is 27.4 Å². The van der Waals surface area contributed by atoms with Crippen molar-refractivity contribution in [3.05, 3.63) is 41.7 Å². The lowest BCUT2D eigenvalue weighted by atomic mass is 10.0. The Balaban J connectivity index is 2.10. The zero-order chi connectivity index (χ0) is 21.9. The van der Waals surface area contributed by atoms with E-state index < -0.39 is 24.2 Å². The highest BCUT2D eigenvalue weighted by molar-refractivity contribution is 5.92. The van der Waals surface area contributed by atoms with Crippen molar-refractivity contribution < 1.29 is 28.5 Å². The first-order valence-electron chi connectivity index (χ1n) is 9.65. The number of aromatic nitrogens is 3. The lowest BCUT2D eigenvalue weighted by Crippen LogP contribution is -2.30. The number of nitrogens with one attached hydrogen (secondary N) is 1. The summed E-state index contributed by atoms with van der Waals surface area (Å²) in [6.45, 7) is 5.01. The quantitative estimate of drug-likeness (QED) is 0.408. The highest BCUT2D eigenvalue weighted by atomic mass is 16.7. The van der Waals surface area contributed by atoms with Gasteiger partial charge in [0, 0.05) is 13.2 Å². The van der Waals surface area contributed by atoms with Crippen LogP contribution in [-0.2, 0) is 25.5 Å². The summed E-state index contributed by atoms with van der Waals surface area (Å²) < 4.78 is 22.3. The van der Waals surface area contributed by atoms with Crippen LogP contribution in [0, 0.1) is 0 Å². The predicted octanol–water partition coefficient (Wildman–Crippen LogP) is 1.72. The van der Waals surface area contributed by atoms with E-state index in [1.807, 2.05) is 13.8 Å². The molecule has 10 heteroatoms. The number of carbonyl (C=O) groups is 2. The van der Waals surface area contributed by atoms with Crippen molar-refractivity contribution in [2.45, 2.75) is 39.1 Å². The number of hydrogen-bond acceptors (Lipinski definition) is 8. The molecule has 1 atom stereocenters. The van der Waals surface area contributed by atoms with Gasteiger partial charge in [-0.25, -0.2) is 4.68 Å². The molecule has 1 N–H and O–H groups in total. The van der Waals surface area contributed by atoms with Gasteiger partial charge in [-0.1, -0.05) is 17.3 Å². The van der Waals surface area contributed by atoms with Gasteiger partial charge in [0.2, 0.25) is 0 Å². The third-order valence-electron chi connectivity index (χ3n) is 4.23. The van der Waals surface area contributed by atoms with E-state index in [0.717, 1.165) is 5.56 Å². The topological polar surface area (TPSA) is 114 Å². The first-order valence-corrected chi connectivity index (χ1v) is 9.65. The molecule has 30 heavy (non-hydrogen) atoms. The Kier molecular flexibility index (Phi) is 9.23. The Morgan fingerprint density at radius 1 is 1.10 bits per heavy atom. The number of hydrogen-bond donors (Lipinski definition) is 1. The smallest absolute Gasteiger partial charge is 0.307 e. The van der Waals surface area contributed by atoms with E-state index >= 15 is 0 Å². The Hall–Kier alpha value is -2.98. The van der Waals surface area contributed by atoms with Crippen LogP contribution in [-0.4, -0.2) is 60.6 Å². The number of nitrogens with zero attached hydrogens (tertiary/aromatic N) is 3. The number of esters is 1. The second-order valence-electron chi connectivity index (χ2n) is 6.25. The van der Waals surface area contributed by atoms with E-state index in [1.165, 1.54) is 18.0 Å². The lowest BCUT2D eigenvalue weighted by molar-refractivity contribution is -0.145. The fourth-order valence-corrected chi connectivity index (χ4v) is 2.74. The first-order chi connectivity index (χ1) is 14.5. The number of carbonyl (C=O) groups excluding carboxylic acids is 2. The number of benzene rings is 1. The van der Waals surface area contributed by atoms with E-state index in [4.69, 9.17) is 18.9 Å². The molecular weight excluding hydrogens is 392 g/mol. The van der Waals surface area contributed by atoms with Crippen LogP contribution < -0.4 is 10.1 Å². The molecule has 1 unspecified atom stereocenters. The monoisotopic (exact) mass is 420 g/mol. The summed E-state index contributed by atoms with van der Waals surface area (Å²) in [5.74, 6) is -0.241. The molecule has 1 amide bonds. The fraction of sp³-hybridized carbons (Fsp3) is 0.500. The van der Waals surface area contributed by atoms with Gasteiger partial charge in [-0.3, -0.25) is 9.59 Å².